The molecule has 0 aromatic heterocycles. The Labute approximate surface area is 227 Å². The number of anilines is 1. The second-order valence-corrected chi connectivity index (χ2v) is 12.2. The Hall–Kier alpha value is -2.00. The SMILES string of the molecule is CC(C(=O)NC1CCCCC1)N(Cc1ccc(Cl)cc1Cl)C(=O)CN(c1ccccc1Cl)S(C)(=O)=O. The summed E-state index contributed by atoms with van der Waals surface area (Å²) in [5.74, 6) is -0.873. The maximum absolute atomic E-state index is 13.6. The van der Waals surface area contributed by atoms with Crippen molar-refractivity contribution in [2.75, 3.05) is 17.1 Å². The lowest BCUT2D eigenvalue weighted by Crippen LogP contribution is -2.53. The maximum atomic E-state index is 13.6. The normalized spacial score (nSPS) is 15.2. The van der Waals surface area contributed by atoms with Crippen molar-refractivity contribution in [2.45, 2.75) is 57.7 Å². The number of carbonyl (C=O) groups is 2. The first-order valence-corrected chi connectivity index (χ1v) is 14.7. The van der Waals surface area contributed by atoms with E-state index in [1.54, 1.807) is 43.3 Å². The van der Waals surface area contributed by atoms with E-state index in [1.807, 2.05) is 0 Å². The first kappa shape index (κ1) is 28.6. The van der Waals surface area contributed by atoms with Crippen LogP contribution in [0.15, 0.2) is 42.5 Å². The van der Waals surface area contributed by atoms with E-state index >= 15 is 0 Å². The fourth-order valence-electron chi connectivity index (χ4n) is 4.23. The zero-order chi connectivity index (χ0) is 26.5. The molecule has 1 aliphatic carbocycles. The Morgan fingerprint density at radius 2 is 1.69 bits per heavy atom. The number of nitrogens with one attached hydrogen (secondary N) is 1. The highest BCUT2D eigenvalue weighted by Crippen LogP contribution is 2.28. The van der Waals surface area contributed by atoms with E-state index in [1.165, 1.54) is 11.0 Å². The van der Waals surface area contributed by atoms with Gasteiger partial charge < -0.3 is 10.2 Å². The van der Waals surface area contributed by atoms with Gasteiger partial charge in [-0.05, 0) is 49.6 Å². The molecular formula is C25H30Cl3N3O4S. The largest absolute Gasteiger partial charge is 0.352 e. The molecule has 0 radical (unpaired) electrons. The molecule has 0 bridgehead atoms. The molecule has 1 aliphatic rings. The highest BCUT2D eigenvalue weighted by atomic mass is 35.5. The van der Waals surface area contributed by atoms with Crippen molar-refractivity contribution in [2.24, 2.45) is 0 Å². The van der Waals surface area contributed by atoms with Gasteiger partial charge >= 0.3 is 0 Å². The van der Waals surface area contributed by atoms with Gasteiger partial charge in [0.25, 0.3) is 0 Å². The molecule has 0 aliphatic heterocycles. The summed E-state index contributed by atoms with van der Waals surface area (Å²) >= 11 is 18.6. The van der Waals surface area contributed by atoms with E-state index in [4.69, 9.17) is 34.8 Å². The van der Waals surface area contributed by atoms with Crippen LogP contribution in [0, 0.1) is 0 Å². The van der Waals surface area contributed by atoms with Gasteiger partial charge in [0.15, 0.2) is 0 Å². The number of hydrogen-bond acceptors (Lipinski definition) is 4. The maximum Gasteiger partial charge on any atom is 0.244 e. The number of hydrogen-bond donors (Lipinski definition) is 1. The standard InChI is InChI=1S/C25H30Cl3N3O4S/c1-17(25(33)29-20-8-4-3-5-9-20)30(15-18-12-13-19(26)14-22(18)28)24(32)16-31(36(2,34)35)23-11-7-6-10-21(23)27/h6-7,10-14,17,20H,3-5,8-9,15-16H2,1-2H3,(H,29,33). The molecule has 11 heteroatoms. The van der Waals surface area contributed by atoms with Crippen LogP contribution in [0.4, 0.5) is 5.69 Å². The minimum atomic E-state index is -3.87. The van der Waals surface area contributed by atoms with Crippen LogP contribution in [0.25, 0.3) is 0 Å². The third-order valence-corrected chi connectivity index (χ3v) is 8.31. The number of benzene rings is 2. The molecule has 1 atom stereocenters. The molecule has 196 valence electrons. The van der Waals surface area contributed by atoms with E-state index in [0.29, 0.717) is 15.6 Å². The fourth-order valence-corrected chi connectivity index (χ4v) is 5.85. The lowest BCUT2D eigenvalue weighted by molar-refractivity contribution is -0.139. The summed E-state index contributed by atoms with van der Waals surface area (Å²) in [6.07, 6.45) is 6.02. The van der Waals surface area contributed by atoms with Crippen molar-refractivity contribution in [1.29, 1.82) is 0 Å². The number of sulfonamides is 1. The lowest BCUT2D eigenvalue weighted by Gasteiger charge is -2.33. The minimum absolute atomic E-state index is 0.00574. The number of amides is 2. The van der Waals surface area contributed by atoms with Gasteiger partial charge in [-0.1, -0.05) is 72.3 Å². The Kier molecular flexibility index (Phi) is 9.92. The molecule has 3 rings (SSSR count). The summed E-state index contributed by atoms with van der Waals surface area (Å²) in [5.41, 5.74) is 0.759. The average molecular weight is 575 g/mol. The van der Waals surface area contributed by atoms with Crippen LogP contribution in [0.3, 0.4) is 0 Å². The van der Waals surface area contributed by atoms with Crippen LogP contribution in [-0.4, -0.2) is 50.0 Å². The van der Waals surface area contributed by atoms with Crippen molar-refractivity contribution >= 4 is 62.3 Å². The quantitative estimate of drug-likeness (QED) is 0.442. The predicted molar refractivity (Wildman–Crippen MR) is 145 cm³/mol. The van der Waals surface area contributed by atoms with E-state index in [-0.39, 0.29) is 29.2 Å². The van der Waals surface area contributed by atoms with Crippen molar-refractivity contribution in [3.63, 3.8) is 0 Å². The number of carbonyl (C=O) groups excluding carboxylic acids is 2. The number of nitrogens with zero attached hydrogens (tertiary/aromatic N) is 2. The topological polar surface area (TPSA) is 86.8 Å². The first-order chi connectivity index (χ1) is 17.0. The van der Waals surface area contributed by atoms with Gasteiger partial charge in [-0.3, -0.25) is 13.9 Å². The lowest BCUT2D eigenvalue weighted by atomic mass is 9.95. The summed E-state index contributed by atoms with van der Waals surface area (Å²) < 4.78 is 26.2. The Balaban J connectivity index is 1.91. The predicted octanol–water partition coefficient (Wildman–Crippen LogP) is 5.28. The fraction of sp³-hybridized carbons (Fsp3) is 0.440. The zero-order valence-electron chi connectivity index (χ0n) is 20.2. The van der Waals surface area contributed by atoms with Crippen molar-refractivity contribution in [3.05, 3.63) is 63.1 Å². The molecule has 36 heavy (non-hydrogen) atoms. The van der Waals surface area contributed by atoms with Crippen LogP contribution in [-0.2, 0) is 26.2 Å². The van der Waals surface area contributed by atoms with E-state index in [0.717, 1.165) is 42.7 Å². The molecule has 0 saturated heterocycles. The van der Waals surface area contributed by atoms with Gasteiger partial charge in [-0.15, -0.1) is 0 Å². The summed E-state index contributed by atoms with van der Waals surface area (Å²) in [5, 5.41) is 4.01. The van der Waals surface area contributed by atoms with Crippen molar-refractivity contribution < 1.29 is 18.0 Å². The molecule has 7 nitrogen and oxygen atoms in total. The third-order valence-electron chi connectivity index (χ3n) is 6.27. The number of rotatable bonds is 9. The van der Waals surface area contributed by atoms with E-state index in [2.05, 4.69) is 5.32 Å². The number of para-hydroxylation sites is 1. The molecule has 1 fully saturated rings. The summed E-state index contributed by atoms with van der Waals surface area (Å²) in [7, 11) is -3.87. The third kappa shape index (κ3) is 7.51. The highest BCUT2D eigenvalue weighted by molar-refractivity contribution is 7.92. The molecule has 0 heterocycles. The monoisotopic (exact) mass is 573 g/mol. The summed E-state index contributed by atoms with van der Waals surface area (Å²) in [4.78, 5) is 28.1. The molecule has 1 N–H and O–H groups in total. The highest BCUT2D eigenvalue weighted by Gasteiger charge is 2.32. The molecule has 0 spiro atoms. The van der Waals surface area contributed by atoms with Crippen LogP contribution >= 0.6 is 34.8 Å². The molecule has 1 saturated carbocycles. The second-order valence-electron chi connectivity index (χ2n) is 9.00. The van der Waals surface area contributed by atoms with Gasteiger partial charge in [0, 0.05) is 22.6 Å². The minimum Gasteiger partial charge on any atom is -0.352 e. The van der Waals surface area contributed by atoms with Gasteiger partial charge in [0.1, 0.15) is 12.6 Å². The van der Waals surface area contributed by atoms with E-state index in [9.17, 15) is 18.0 Å². The number of halogens is 3. The van der Waals surface area contributed by atoms with E-state index < -0.39 is 28.5 Å². The molecule has 2 amide bonds. The van der Waals surface area contributed by atoms with Gasteiger partial charge in [0.2, 0.25) is 21.8 Å². The molecule has 2 aromatic rings. The van der Waals surface area contributed by atoms with Crippen LogP contribution < -0.4 is 9.62 Å². The second kappa shape index (κ2) is 12.5. The van der Waals surface area contributed by atoms with Crippen molar-refractivity contribution in [1.82, 2.24) is 10.2 Å². The van der Waals surface area contributed by atoms with Crippen LogP contribution in [0.5, 0.6) is 0 Å². The smallest absolute Gasteiger partial charge is 0.244 e. The Morgan fingerprint density at radius 3 is 2.31 bits per heavy atom. The zero-order valence-corrected chi connectivity index (χ0v) is 23.3. The van der Waals surface area contributed by atoms with Gasteiger partial charge in [0.05, 0.1) is 17.0 Å². The van der Waals surface area contributed by atoms with Gasteiger partial charge in [-0.2, -0.15) is 0 Å². The van der Waals surface area contributed by atoms with Crippen LogP contribution in [0.1, 0.15) is 44.6 Å². The summed E-state index contributed by atoms with van der Waals surface area (Å²) in [6, 6.07) is 10.4. The first-order valence-electron chi connectivity index (χ1n) is 11.7. The van der Waals surface area contributed by atoms with Gasteiger partial charge in [-0.25, -0.2) is 8.42 Å². The molecule has 2 aromatic carbocycles. The average Bonchev–Trinajstić information content (AvgIpc) is 2.82. The molecular weight excluding hydrogens is 545 g/mol. The summed E-state index contributed by atoms with van der Waals surface area (Å²) in [6.45, 7) is 1.09. The van der Waals surface area contributed by atoms with Crippen molar-refractivity contribution in [3.8, 4) is 0 Å². The van der Waals surface area contributed by atoms with Crippen LogP contribution in [0.2, 0.25) is 15.1 Å². The molecule has 1 unspecified atom stereocenters. The Bertz CT molecular complexity index is 1200. The Morgan fingerprint density at radius 1 is 1.03 bits per heavy atom.